The Morgan fingerprint density at radius 3 is 2.58 bits per heavy atom. The molecule has 1 unspecified atom stereocenters. The van der Waals surface area contributed by atoms with E-state index < -0.39 is 11.9 Å². The number of fused-ring (bicyclic) bond motifs is 1. The number of carbonyl (C=O) groups excluding carboxylic acids is 1. The average molecular weight is 343 g/mol. The molecular formula is C19H21NO3S. The molecule has 2 heterocycles. The molecule has 3 rings (SSSR count). The van der Waals surface area contributed by atoms with Crippen molar-refractivity contribution < 1.29 is 14.7 Å². The second kappa shape index (κ2) is 6.85. The summed E-state index contributed by atoms with van der Waals surface area (Å²) in [6.45, 7) is 2.72. The van der Waals surface area contributed by atoms with Crippen LogP contribution in [0.5, 0.6) is 0 Å². The lowest BCUT2D eigenvalue weighted by atomic mass is 10.0. The number of carbonyl (C=O) groups is 2. The third-order valence-corrected chi connectivity index (χ3v) is 5.33. The van der Waals surface area contributed by atoms with Crippen LogP contribution in [0.25, 0.3) is 0 Å². The minimum absolute atomic E-state index is 0.0281. The van der Waals surface area contributed by atoms with Crippen molar-refractivity contribution in [1.82, 2.24) is 4.57 Å². The van der Waals surface area contributed by atoms with Crippen molar-refractivity contribution in [3.05, 3.63) is 52.8 Å². The lowest BCUT2D eigenvalue weighted by Gasteiger charge is -2.08. The highest BCUT2D eigenvalue weighted by Gasteiger charge is 2.34. The van der Waals surface area contributed by atoms with Gasteiger partial charge in [-0.3, -0.25) is 9.59 Å². The van der Waals surface area contributed by atoms with Crippen molar-refractivity contribution in [2.24, 2.45) is 0 Å². The van der Waals surface area contributed by atoms with E-state index in [9.17, 15) is 14.7 Å². The molecule has 0 aliphatic carbocycles. The molecule has 0 radical (unpaired) electrons. The van der Waals surface area contributed by atoms with Gasteiger partial charge >= 0.3 is 5.97 Å². The number of aliphatic carboxylic acids is 1. The molecule has 1 atom stereocenters. The Bertz CT molecular complexity index is 777. The van der Waals surface area contributed by atoms with Gasteiger partial charge < -0.3 is 9.67 Å². The zero-order chi connectivity index (χ0) is 17.3. The fourth-order valence-electron chi connectivity index (χ4n) is 3.37. The van der Waals surface area contributed by atoms with Crippen LogP contribution >= 0.6 is 11.8 Å². The third kappa shape index (κ3) is 2.88. The van der Waals surface area contributed by atoms with Crippen LogP contribution in [0.4, 0.5) is 0 Å². The quantitative estimate of drug-likeness (QED) is 0.637. The fraction of sp³-hybridized carbons (Fsp3) is 0.368. The number of hydrogen-bond donors (Lipinski definition) is 1. The molecular weight excluding hydrogens is 322 g/mol. The van der Waals surface area contributed by atoms with E-state index >= 15 is 0 Å². The van der Waals surface area contributed by atoms with Gasteiger partial charge in [0.1, 0.15) is 5.69 Å². The van der Waals surface area contributed by atoms with E-state index in [1.54, 1.807) is 0 Å². The topological polar surface area (TPSA) is 59.3 Å². The smallest absolute Gasteiger partial charge is 0.312 e. The summed E-state index contributed by atoms with van der Waals surface area (Å²) in [5, 5.41) is 9.36. The fourth-order valence-corrected chi connectivity index (χ4v) is 4.00. The molecule has 5 heteroatoms. The molecule has 0 amide bonds. The molecule has 1 aliphatic rings. The van der Waals surface area contributed by atoms with Crippen molar-refractivity contribution in [2.75, 3.05) is 6.26 Å². The minimum Gasteiger partial charge on any atom is -0.481 e. The number of carboxylic acid groups (broad SMARTS) is 1. The van der Waals surface area contributed by atoms with Gasteiger partial charge in [0.05, 0.1) is 5.92 Å². The number of nitrogens with zero attached hydrogens (tertiary/aromatic N) is 1. The molecule has 1 aromatic heterocycles. The molecule has 0 saturated carbocycles. The van der Waals surface area contributed by atoms with E-state index in [1.165, 1.54) is 17.3 Å². The summed E-state index contributed by atoms with van der Waals surface area (Å²) in [6, 6.07) is 9.63. The lowest BCUT2D eigenvalue weighted by molar-refractivity contribution is -0.138. The maximum absolute atomic E-state index is 13.0. The summed E-state index contributed by atoms with van der Waals surface area (Å²) in [4.78, 5) is 25.3. The number of aryl methyl sites for hydroxylation is 1. The predicted molar refractivity (Wildman–Crippen MR) is 95.1 cm³/mol. The Hall–Kier alpha value is -2.01. The first-order valence-corrected chi connectivity index (χ1v) is 9.43. The molecule has 0 fully saturated rings. The van der Waals surface area contributed by atoms with Crippen LogP contribution in [0.15, 0.2) is 35.2 Å². The van der Waals surface area contributed by atoms with Gasteiger partial charge in [-0.2, -0.15) is 0 Å². The number of rotatable bonds is 6. The second-order valence-corrected chi connectivity index (χ2v) is 6.94. The summed E-state index contributed by atoms with van der Waals surface area (Å²) in [5.41, 5.74) is 3.26. The third-order valence-electron chi connectivity index (χ3n) is 4.58. The van der Waals surface area contributed by atoms with E-state index in [2.05, 4.69) is 6.92 Å². The Balaban J connectivity index is 1.98. The van der Waals surface area contributed by atoms with E-state index in [1.807, 2.05) is 41.2 Å². The molecule has 1 aromatic carbocycles. The van der Waals surface area contributed by atoms with Crippen LogP contribution in [-0.2, 0) is 17.8 Å². The van der Waals surface area contributed by atoms with Crippen molar-refractivity contribution in [1.29, 1.82) is 0 Å². The highest BCUT2D eigenvalue weighted by atomic mass is 32.2. The molecule has 1 N–H and O–H groups in total. The number of ketones is 1. The van der Waals surface area contributed by atoms with Crippen LogP contribution in [0.2, 0.25) is 0 Å². The molecule has 2 aromatic rings. The van der Waals surface area contributed by atoms with Gasteiger partial charge in [-0.05, 0) is 30.7 Å². The summed E-state index contributed by atoms with van der Waals surface area (Å²) in [7, 11) is 0. The van der Waals surface area contributed by atoms with Crippen molar-refractivity contribution >= 4 is 23.5 Å². The molecule has 24 heavy (non-hydrogen) atoms. The van der Waals surface area contributed by atoms with E-state index in [0.717, 1.165) is 23.4 Å². The average Bonchev–Trinajstić information content (AvgIpc) is 3.13. The van der Waals surface area contributed by atoms with E-state index in [0.29, 0.717) is 24.2 Å². The normalized spacial score (nSPS) is 16.2. The van der Waals surface area contributed by atoms with Gasteiger partial charge in [0.25, 0.3) is 0 Å². The Morgan fingerprint density at radius 2 is 2.00 bits per heavy atom. The lowest BCUT2D eigenvalue weighted by Crippen LogP contribution is -2.10. The number of aromatic nitrogens is 1. The molecule has 0 spiro atoms. The summed E-state index contributed by atoms with van der Waals surface area (Å²) in [5.74, 6) is -1.36. The first-order chi connectivity index (χ1) is 11.6. The maximum Gasteiger partial charge on any atom is 0.312 e. The summed E-state index contributed by atoms with van der Waals surface area (Å²) in [6.07, 6.45) is 4.55. The highest BCUT2D eigenvalue weighted by molar-refractivity contribution is 7.98. The minimum atomic E-state index is -0.818. The molecule has 126 valence electrons. The first kappa shape index (κ1) is 16.8. The molecule has 0 bridgehead atoms. The molecule has 0 saturated heterocycles. The van der Waals surface area contributed by atoms with Gasteiger partial charge in [-0.15, -0.1) is 11.8 Å². The van der Waals surface area contributed by atoms with Crippen LogP contribution in [-0.4, -0.2) is 27.7 Å². The SMILES string of the molecule is CCCc1ccc(C(=O)c2c(SC)cc3n2CCC3C(=O)O)cc1. The zero-order valence-electron chi connectivity index (χ0n) is 13.9. The van der Waals surface area contributed by atoms with E-state index in [-0.39, 0.29) is 5.78 Å². The van der Waals surface area contributed by atoms with E-state index in [4.69, 9.17) is 0 Å². The monoisotopic (exact) mass is 343 g/mol. The summed E-state index contributed by atoms with van der Waals surface area (Å²) >= 11 is 1.49. The Kier molecular flexibility index (Phi) is 4.81. The van der Waals surface area contributed by atoms with Gasteiger partial charge in [0.15, 0.2) is 0 Å². The number of carboxylic acids is 1. The van der Waals surface area contributed by atoms with Gasteiger partial charge in [0, 0.05) is 22.7 Å². The first-order valence-electron chi connectivity index (χ1n) is 8.20. The Labute approximate surface area is 145 Å². The molecule has 4 nitrogen and oxygen atoms in total. The maximum atomic E-state index is 13.0. The van der Waals surface area contributed by atoms with Crippen molar-refractivity contribution in [3.63, 3.8) is 0 Å². The number of thioether (sulfide) groups is 1. The molecule has 1 aliphatic heterocycles. The van der Waals surface area contributed by atoms with Crippen LogP contribution in [0.1, 0.15) is 53.0 Å². The van der Waals surface area contributed by atoms with Gasteiger partial charge in [-0.1, -0.05) is 37.6 Å². The van der Waals surface area contributed by atoms with Crippen LogP contribution in [0.3, 0.4) is 0 Å². The van der Waals surface area contributed by atoms with Gasteiger partial charge in [-0.25, -0.2) is 0 Å². The van der Waals surface area contributed by atoms with Crippen LogP contribution < -0.4 is 0 Å². The van der Waals surface area contributed by atoms with Crippen molar-refractivity contribution in [3.8, 4) is 0 Å². The van der Waals surface area contributed by atoms with Crippen molar-refractivity contribution in [2.45, 2.75) is 43.5 Å². The summed E-state index contributed by atoms with van der Waals surface area (Å²) < 4.78 is 1.90. The number of hydrogen-bond acceptors (Lipinski definition) is 3. The highest BCUT2D eigenvalue weighted by Crippen LogP contribution is 2.37. The number of benzene rings is 1. The predicted octanol–water partition coefficient (Wildman–Crippen LogP) is 3.97. The standard InChI is InChI=1S/C19H21NO3S/c1-3-4-12-5-7-13(8-6-12)18(21)17-16(24-2)11-15-14(19(22)23)9-10-20(15)17/h5-8,11,14H,3-4,9-10H2,1-2H3,(H,22,23). The second-order valence-electron chi connectivity index (χ2n) is 6.09. The van der Waals surface area contributed by atoms with Crippen LogP contribution in [0, 0.1) is 0 Å². The van der Waals surface area contributed by atoms with Gasteiger partial charge in [0.2, 0.25) is 5.78 Å². The zero-order valence-corrected chi connectivity index (χ0v) is 14.7. The largest absolute Gasteiger partial charge is 0.481 e. The Morgan fingerprint density at radius 1 is 1.29 bits per heavy atom.